The van der Waals surface area contributed by atoms with Crippen molar-refractivity contribution in [3.63, 3.8) is 0 Å². The third-order valence-electron chi connectivity index (χ3n) is 8.35. The SMILES string of the molecule is Cc1cc2c3c(c1)C(c1ccccc1)=NC(n1c(CCCN4CCOCC4)nc4ccccc4c1=O)C(=O)N3CC2. The second-order valence-electron chi connectivity index (χ2n) is 11.1. The number of carbonyl (C=O) groups is 1. The number of anilines is 1. The highest BCUT2D eigenvalue weighted by molar-refractivity contribution is 6.20. The highest BCUT2D eigenvalue weighted by Crippen LogP contribution is 2.39. The lowest BCUT2D eigenvalue weighted by atomic mass is 9.96. The molecule has 1 saturated heterocycles. The zero-order chi connectivity index (χ0) is 27.9. The molecule has 0 bridgehead atoms. The normalized spacial score (nSPS) is 18.9. The quantitative estimate of drug-likeness (QED) is 0.366. The van der Waals surface area contributed by atoms with E-state index in [0.717, 1.165) is 79.3 Å². The van der Waals surface area contributed by atoms with Crippen LogP contribution in [0.2, 0.25) is 0 Å². The fourth-order valence-corrected chi connectivity index (χ4v) is 6.39. The standard InChI is InChI=1S/C33H33N5O3/c1-22-20-24-13-15-37-30(24)26(21-22)29(23-8-3-2-4-9-23)35-31(33(37)40)38-28(12-7-14-36-16-18-41-19-17-36)34-27-11-6-5-10-25(27)32(38)39/h2-6,8-11,20-21,31H,7,12-19H2,1H3. The molecule has 3 aliphatic heterocycles. The van der Waals surface area contributed by atoms with Gasteiger partial charge in [0.2, 0.25) is 6.17 Å². The van der Waals surface area contributed by atoms with Gasteiger partial charge in [0.1, 0.15) is 5.82 Å². The molecular formula is C33H33N5O3. The summed E-state index contributed by atoms with van der Waals surface area (Å²) in [7, 11) is 0. The topological polar surface area (TPSA) is 80.0 Å². The summed E-state index contributed by atoms with van der Waals surface area (Å²) in [5, 5.41) is 0.494. The minimum absolute atomic E-state index is 0.187. The monoisotopic (exact) mass is 547 g/mol. The Hall–Kier alpha value is -4.14. The van der Waals surface area contributed by atoms with Crippen molar-refractivity contribution in [2.24, 2.45) is 4.99 Å². The average molecular weight is 548 g/mol. The van der Waals surface area contributed by atoms with Crippen LogP contribution in [0.5, 0.6) is 0 Å². The van der Waals surface area contributed by atoms with E-state index in [0.29, 0.717) is 29.7 Å². The first-order valence-electron chi connectivity index (χ1n) is 14.5. The van der Waals surface area contributed by atoms with Crippen LogP contribution in [0.25, 0.3) is 10.9 Å². The van der Waals surface area contributed by atoms with E-state index in [4.69, 9.17) is 14.7 Å². The van der Waals surface area contributed by atoms with Gasteiger partial charge in [0.05, 0.1) is 35.5 Å². The van der Waals surface area contributed by atoms with Gasteiger partial charge in [-0.1, -0.05) is 54.1 Å². The molecule has 208 valence electrons. The van der Waals surface area contributed by atoms with E-state index < -0.39 is 6.17 Å². The predicted molar refractivity (Wildman–Crippen MR) is 160 cm³/mol. The molecule has 41 heavy (non-hydrogen) atoms. The number of para-hydroxylation sites is 1. The van der Waals surface area contributed by atoms with E-state index in [-0.39, 0.29) is 11.5 Å². The predicted octanol–water partition coefficient (Wildman–Crippen LogP) is 3.91. The molecule has 1 unspecified atom stereocenters. The molecule has 1 amide bonds. The first kappa shape index (κ1) is 25.8. The van der Waals surface area contributed by atoms with Gasteiger partial charge in [-0.05, 0) is 50.1 Å². The van der Waals surface area contributed by atoms with Crippen molar-refractivity contribution in [3.8, 4) is 0 Å². The van der Waals surface area contributed by atoms with Gasteiger partial charge < -0.3 is 9.64 Å². The van der Waals surface area contributed by atoms with Gasteiger partial charge in [-0.2, -0.15) is 0 Å². The van der Waals surface area contributed by atoms with Crippen LogP contribution in [0.4, 0.5) is 5.69 Å². The fourth-order valence-electron chi connectivity index (χ4n) is 6.39. The van der Waals surface area contributed by atoms with Gasteiger partial charge in [0.15, 0.2) is 0 Å². The number of fused-ring (bicyclic) bond motifs is 1. The number of carbonyl (C=O) groups excluding carboxylic acids is 1. The van der Waals surface area contributed by atoms with Crippen LogP contribution in [0.1, 0.15) is 40.7 Å². The zero-order valence-corrected chi connectivity index (χ0v) is 23.3. The Morgan fingerprint density at radius 3 is 2.56 bits per heavy atom. The maximum absolute atomic E-state index is 14.4. The Labute approximate surface area is 238 Å². The van der Waals surface area contributed by atoms with Crippen molar-refractivity contribution in [2.45, 2.75) is 32.4 Å². The molecule has 0 spiro atoms. The first-order chi connectivity index (χ1) is 20.1. The van der Waals surface area contributed by atoms with E-state index in [1.54, 1.807) is 10.6 Å². The van der Waals surface area contributed by atoms with Crippen molar-refractivity contribution < 1.29 is 9.53 Å². The Balaban J connectivity index is 1.39. The number of benzene rings is 3. The second kappa shape index (κ2) is 10.7. The van der Waals surface area contributed by atoms with E-state index in [2.05, 4.69) is 24.0 Å². The summed E-state index contributed by atoms with van der Waals surface area (Å²) < 4.78 is 7.07. The fraction of sp³-hybridized carbons (Fsp3) is 0.333. The number of rotatable bonds is 6. The Morgan fingerprint density at radius 1 is 0.951 bits per heavy atom. The van der Waals surface area contributed by atoms with Crippen molar-refractivity contribution in [1.82, 2.24) is 14.5 Å². The van der Waals surface area contributed by atoms with Gasteiger partial charge >= 0.3 is 0 Å². The molecule has 3 aliphatic rings. The van der Waals surface area contributed by atoms with Crippen LogP contribution in [0.3, 0.4) is 0 Å². The highest BCUT2D eigenvalue weighted by atomic mass is 16.5. The summed E-state index contributed by atoms with van der Waals surface area (Å²) >= 11 is 0. The molecule has 0 aliphatic carbocycles. The lowest BCUT2D eigenvalue weighted by molar-refractivity contribution is -0.121. The third-order valence-corrected chi connectivity index (χ3v) is 8.35. The molecule has 1 atom stereocenters. The molecule has 4 aromatic rings. The van der Waals surface area contributed by atoms with Crippen molar-refractivity contribution in [3.05, 3.63) is 105 Å². The molecule has 0 radical (unpaired) electrons. The molecule has 4 heterocycles. The van der Waals surface area contributed by atoms with E-state index >= 15 is 0 Å². The van der Waals surface area contributed by atoms with Crippen LogP contribution < -0.4 is 10.5 Å². The summed E-state index contributed by atoms with van der Waals surface area (Å²) in [4.78, 5) is 42.9. The van der Waals surface area contributed by atoms with E-state index in [9.17, 15) is 9.59 Å². The van der Waals surface area contributed by atoms with Crippen LogP contribution in [0, 0.1) is 6.92 Å². The summed E-state index contributed by atoms with van der Waals surface area (Å²) in [6, 6.07) is 21.6. The largest absolute Gasteiger partial charge is 0.379 e. The van der Waals surface area contributed by atoms with E-state index in [1.165, 1.54) is 0 Å². The molecular weight excluding hydrogens is 514 g/mol. The summed E-state index contributed by atoms with van der Waals surface area (Å²) in [6.45, 7) is 6.81. The van der Waals surface area contributed by atoms with Gasteiger partial charge in [-0.3, -0.25) is 19.1 Å². The van der Waals surface area contributed by atoms with Crippen molar-refractivity contribution in [1.29, 1.82) is 0 Å². The van der Waals surface area contributed by atoms with Gasteiger partial charge in [-0.25, -0.2) is 9.98 Å². The van der Waals surface area contributed by atoms with Crippen LogP contribution in [-0.4, -0.2) is 65.5 Å². The van der Waals surface area contributed by atoms with Crippen LogP contribution in [0.15, 0.2) is 76.5 Å². The number of hydrogen-bond acceptors (Lipinski definition) is 6. The molecule has 1 fully saturated rings. The maximum atomic E-state index is 14.4. The van der Waals surface area contributed by atoms with Crippen molar-refractivity contribution >= 4 is 28.2 Å². The molecule has 0 N–H and O–H groups in total. The summed E-state index contributed by atoms with van der Waals surface area (Å²) in [5.41, 5.74) is 6.20. The second-order valence-corrected chi connectivity index (χ2v) is 11.1. The Bertz CT molecular complexity index is 1720. The number of aromatic nitrogens is 2. The lowest BCUT2D eigenvalue weighted by Gasteiger charge is -2.27. The number of ether oxygens (including phenoxy) is 1. The molecule has 3 aromatic carbocycles. The molecule has 0 saturated carbocycles. The Morgan fingerprint density at radius 2 is 1.73 bits per heavy atom. The third kappa shape index (κ3) is 4.67. The summed E-state index contributed by atoms with van der Waals surface area (Å²) in [6.07, 6.45) is 1.11. The van der Waals surface area contributed by atoms with Gasteiger partial charge in [0, 0.05) is 37.2 Å². The number of aryl methyl sites for hydroxylation is 2. The molecule has 7 rings (SSSR count). The molecule has 8 heteroatoms. The van der Waals surface area contributed by atoms with Crippen molar-refractivity contribution in [2.75, 3.05) is 44.3 Å². The Kier molecular flexibility index (Phi) is 6.73. The molecule has 8 nitrogen and oxygen atoms in total. The van der Waals surface area contributed by atoms with Gasteiger partial charge in [0.25, 0.3) is 11.5 Å². The smallest absolute Gasteiger partial charge is 0.272 e. The number of hydrogen-bond donors (Lipinski definition) is 0. The number of aliphatic imine (C=N–C) groups is 1. The average Bonchev–Trinajstić information content (AvgIpc) is 3.38. The lowest BCUT2D eigenvalue weighted by Crippen LogP contribution is -2.40. The number of morpholine rings is 1. The number of nitrogens with zero attached hydrogens (tertiary/aromatic N) is 5. The highest BCUT2D eigenvalue weighted by Gasteiger charge is 2.39. The van der Waals surface area contributed by atoms with Crippen LogP contribution >= 0.6 is 0 Å². The van der Waals surface area contributed by atoms with Crippen LogP contribution in [-0.2, 0) is 22.4 Å². The minimum atomic E-state index is -1.05. The minimum Gasteiger partial charge on any atom is -0.379 e. The molecule has 1 aromatic heterocycles. The number of amides is 1. The summed E-state index contributed by atoms with van der Waals surface area (Å²) in [5.74, 6) is 0.409. The van der Waals surface area contributed by atoms with Gasteiger partial charge in [-0.15, -0.1) is 0 Å². The zero-order valence-electron chi connectivity index (χ0n) is 23.3. The van der Waals surface area contributed by atoms with E-state index in [1.807, 2.05) is 53.4 Å². The maximum Gasteiger partial charge on any atom is 0.272 e. The first-order valence-corrected chi connectivity index (χ1v) is 14.5.